The largest absolute Gasteiger partial charge is 0.485 e. The monoisotopic (exact) mass is 287 g/mol. The van der Waals surface area contributed by atoms with Gasteiger partial charge in [-0.1, -0.05) is 20.8 Å². The molecule has 0 spiro atoms. The third-order valence-electron chi connectivity index (χ3n) is 2.60. The van der Waals surface area contributed by atoms with Crippen molar-refractivity contribution in [2.24, 2.45) is 0 Å². The fourth-order valence-corrected chi connectivity index (χ4v) is 1.62. The Hall–Kier alpha value is -1.20. The van der Waals surface area contributed by atoms with Gasteiger partial charge in [-0.2, -0.15) is 0 Å². The summed E-state index contributed by atoms with van der Waals surface area (Å²) in [7, 11) is 0. The predicted molar refractivity (Wildman–Crippen MR) is 74.9 cm³/mol. The van der Waals surface area contributed by atoms with Crippen LogP contribution in [0.2, 0.25) is 0 Å². The van der Waals surface area contributed by atoms with Gasteiger partial charge in [0.2, 0.25) is 0 Å². The van der Waals surface area contributed by atoms with Crippen molar-refractivity contribution >= 4 is 0 Å². The minimum absolute atomic E-state index is 0.136. The topological polar surface area (TPSA) is 30.5 Å². The van der Waals surface area contributed by atoms with Crippen LogP contribution >= 0.6 is 0 Å². The third kappa shape index (κ3) is 5.84. The molecule has 0 saturated carbocycles. The zero-order valence-corrected chi connectivity index (χ0v) is 12.3. The molecule has 0 aliphatic carbocycles. The van der Waals surface area contributed by atoms with Crippen LogP contribution < -0.4 is 10.1 Å². The summed E-state index contributed by atoms with van der Waals surface area (Å²) in [6.45, 7) is 7.44. The molecule has 0 atom stereocenters. The number of hydrogen-bond acceptors (Lipinski definition) is 3. The first-order valence-electron chi connectivity index (χ1n) is 6.96. The molecular formula is C15H23F2NO2. The van der Waals surface area contributed by atoms with E-state index in [4.69, 9.17) is 9.47 Å². The molecule has 0 aliphatic heterocycles. The van der Waals surface area contributed by atoms with Gasteiger partial charge >= 0.3 is 0 Å². The normalized spacial score (nSPS) is 11.1. The summed E-state index contributed by atoms with van der Waals surface area (Å²) >= 11 is 0. The summed E-state index contributed by atoms with van der Waals surface area (Å²) in [5.74, 6) is -1.69. The van der Waals surface area contributed by atoms with E-state index in [9.17, 15) is 8.78 Å². The Bertz CT molecular complexity index is 388. The van der Waals surface area contributed by atoms with E-state index in [2.05, 4.69) is 5.32 Å². The summed E-state index contributed by atoms with van der Waals surface area (Å²) in [5, 5.41) is 3.11. The molecule has 0 aromatic heterocycles. The fraction of sp³-hybridized carbons (Fsp3) is 0.600. The van der Waals surface area contributed by atoms with E-state index < -0.39 is 11.6 Å². The Labute approximate surface area is 119 Å². The van der Waals surface area contributed by atoms with Crippen LogP contribution in [0.15, 0.2) is 12.1 Å². The zero-order valence-electron chi connectivity index (χ0n) is 12.3. The lowest BCUT2D eigenvalue weighted by molar-refractivity contribution is 0.0975. The lowest BCUT2D eigenvalue weighted by Crippen LogP contribution is -2.22. The van der Waals surface area contributed by atoms with Crippen molar-refractivity contribution in [1.29, 1.82) is 0 Å². The Morgan fingerprint density at radius 2 is 1.75 bits per heavy atom. The van der Waals surface area contributed by atoms with Gasteiger partial charge in [-0.05, 0) is 24.1 Å². The average Bonchev–Trinajstić information content (AvgIpc) is 2.38. The highest BCUT2D eigenvalue weighted by Gasteiger charge is 2.12. The molecule has 0 unspecified atom stereocenters. The number of benzene rings is 1. The lowest BCUT2D eigenvalue weighted by Gasteiger charge is -2.12. The number of rotatable bonds is 9. The molecule has 1 aromatic rings. The van der Waals surface area contributed by atoms with Gasteiger partial charge in [0.15, 0.2) is 17.4 Å². The van der Waals surface area contributed by atoms with Crippen molar-refractivity contribution in [3.63, 3.8) is 0 Å². The molecule has 114 valence electrons. The molecule has 20 heavy (non-hydrogen) atoms. The van der Waals surface area contributed by atoms with Crippen molar-refractivity contribution in [3.05, 3.63) is 29.3 Å². The van der Waals surface area contributed by atoms with Gasteiger partial charge in [-0.15, -0.1) is 0 Å². The van der Waals surface area contributed by atoms with E-state index >= 15 is 0 Å². The summed E-state index contributed by atoms with van der Waals surface area (Å²) in [4.78, 5) is 0. The standard InChI is InChI=1S/C15H23F2NO2/c1-4-5-19-6-7-20-15-13(16)8-12(9-14(15)17)10-18-11(2)3/h8-9,11,18H,4-7,10H2,1-3H3. The van der Waals surface area contributed by atoms with Crippen LogP contribution in [0.4, 0.5) is 8.78 Å². The highest BCUT2D eigenvalue weighted by molar-refractivity contribution is 5.31. The molecule has 1 N–H and O–H groups in total. The van der Waals surface area contributed by atoms with E-state index in [0.717, 1.165) is 6.42 Å². The molecule has 0 heterocycles. The minimum atomic E-state index is -0.680. The molecule has 0 bridgehead atoms. The lowest BCUT2D eigenvalue weighted by atomic mass is 10.2. The van der Waals surface area contributed by atoms with Gasteiger partial charge in [0.1, 0.15) is 6.61 Å². The van der Waals surface area contributed by atoms with Gasteiger partial charge < -0.3 is 14.8 Å². The van der Waals surface area contributed by atoms with Crippen molar-refractivity contribution in [2.45, 2.75) is 39.8 Å². The maximum Gasteiger partial charge on any atom is 0.190 e. The molecule has 0 saturated heterocycles. The van der Waals surface area contributed by atoms with E-state index in [1.807, 2.05) is 20.8 Å². The van der Waals surface area contributed by atoms with E-state index in [1.165, 1.54) is 12.1 Å². The maximum absolute atomic E-state index is 13.8. The fourth-order valence-electron chi connectivity index (χ4n) is 1.62. The summed E-state index contributed by atoms with van der Waals surface area (Å²) in [5.41, 5.74) is 0.559. The first kappa shape index (κ1) is 16.9. The van der Waals surface area contributed by atoms with Crippen LogP contribution in [0.25, 0.3) is 0 Å². The zero-order chi connectivity index (χ0) is 15.0. The van der Waals surface area contributed by atoms with Crippen molar-refractivity contribution < 1.29 is 18.3 Å². The first-order valence-corrected chi connectivity index (χ1v) is 6.96. The Balaban J connectivity index is 2.55. The molecule has 0 fully saturated rings. The number of ether oxygens (including phenoxy) is 2. The van der Waals surface area contributed by atoms with Crippen LogP contribution in [-0.2, 0) is 11.3 Å². The second-order valence-electron chi connectivity index (χ2n) is 4.89. The van der Waals surface area contributed by atoms with Crippen LogP contribution in [0, 0.1) is 11.6 Å². The highest BCUT2D eigenvalue weighted by atomic mass is 19.1. The predicted octanol–water partition coefficient (Wildman–Crippen LogP) is 3.27. The average molecular weight is 287 g/mol. The van der Waals surface area contributed by atoms with Gasteiger partial charge in [0.25, 0.3) is 0 Å². The van der Waals surface area contributed by atoms with Crippen LogP contribution in [0.1, 0.15) is 32.8 Å². The van der Waals surface area contributed by atoms with Crippen LogP contribution in [-0.4, -0.2) is 25.9 Å². The Morgan fingerprint density at radius 3 is 2.30 bits per heavy atom. The highest BCUT2D eigenvalue weighted by Crippen LogP contribution is 2.23. The van der Waals surface area contributed by atoms with E-state index in [1.54, 1.807) is 0 Å². The summed E-state index contributed by atoms with van der Waals surface area (Å²) in [6, 6.07) is 2.84. The van der Waals surface area contributed by atoms with Crippen molar-refractivity contribution in [2.75, 3.05) is 19.8 Å². The van der Waals surface area contributed by atoms with Gasteiger partial charge in [0.05, 0.1) is 6.61 Å². The van der Waals surface area contributed by atoms with Gasteiger partial charge in [-0.3, -0.25) is 0 Å². The molecule has 3 nitrogen and oxygen atoms in total. The molecule has 0 aliphatic rings. The second-order valence-corrected chi connectivity index (χ2v) is 4.89. The Kier molecular flexibility index (Phi) is 7.47. The summed E-state index contributed by atoms with van der Waals surface area (Å²) in [6.07, 6.45) is 0.903. The minimum Gasteiger partial charge on any atom is -0.485 e. The molecular weight excluding hydrogens is 264 g/mol. The van der Waals surface area contributed by atoms with Crippen LogP contribution in [0.3, 0.4) is 0 Å². The molecule has 0 radical (unpaired) electrons. The number of halogens is 2. The molecule has 0 amide bonds. The Morgan fingerprint density at radius 1 is 1.10 bits per heavy atom. The van der Waals surface area contributed by atoms with Crippen molar-refractivity contribution in [3.8, 4) is 5.75 Å². The molecule has 5 heteroatoms. The quantitative estimate of drug-likeness (QED) is 0.707. The third-order valence-corrected chi connectivity index (χ3v) is 2.60. The van der Waals surface area contributed by atoms with E-state index in [-0.39, 0.29) is 18.4 Å². The summed E-state index contributed by atoms with van der Waals surface area (Å²) < 4.78 is 37.8. The van der Waals surface area contributed by atoms with Gasteiger partial charge in [0, 0.05) is 19.2 Å². The first-order chi connectivity index (χ1) is 9.54. The second kappa shape index (κ2) is 8.87. The van der Waals surface area contributed by atoms with Crippen molar-refractivity contribution in [1.82, 2.24) is 5.32 Å². The maximum atomic E-state index is 13.8. The smallest absolute Gasteiger partial charge is 0.190 e. The molecule has 1 aromatic carbocycles. The van der Waals surface area contributed by atoms with Gasteiger partial charge in [-0.25, -0.2) is 8.78 Å². The van der Waals surface area contributed by atoms with E-state index in [0.29, 0.717) is 25.3 Å². The number of nitrogens with one attached hydrogen (secondary N) is 1. The molecule has 1 rings (SSSR count). The van der Waals surface area contributed by atoms with Crippen LogP contribution in [0.5, 0.6) is 5.75 Å². The SMILES string of the molecule is CCCOCCOc1c(F)cc(CNC(C)C)cc1F. The number of hydrogen-bond donors (Lipinski definition) is 1.